The van der Waals surface area contributed by atoms with Crippen molar-refractivity contribution < 1.29 is 14.3 Å². The predicted octanol–water partition coefficient (Wildman–Crippen LogP) is 3.36. The van der Waals surface area contributed by atoms with E-state index in [2.05, 4.69) is 0 Å². The zero-order valence-electron chi connectivity index (χ0n) is 10.8. The molecule has 0 atom stereocenters. The topological polar surface area (TPSA) is 35.5 Å². The fourth-order valence-corrected chi connectivity index (χ4v) is 1.43. The van der Waals surface area contributed by atoms with Crippen LogP contribution in [0.5, 0.6) is 5.75 Å². The maximum Gasteiger partial charge on any atom is 0.305 e. The fourth-order valence-electron chi connectivity index (χ4n) is 1.43. The summed E-state index contributed by atoms with van der Waals surface area (Å²) in [4.78, 5) is 11.3. The number of hydrogen-bond acceptors (Lipinski definition) is 3. The lowest BCUT2D eigenvalue weighted by Gasteiger charge is -2.06. The first-order valence-electron chi connectivity index (χ1n) is 6.27. The minimum absolute atomic E-state index is 0.156. The van der Waals surface area contributed by atoms with Gasteiger partial charge < -0.3 is 9.47 Å². The molecule has 0 amide bonds. The zero-order valence-corrected chi connectivity index (χ0v) is 10.8. The molecular weight excluding hydrogens is 228 g/mol. The van der Waals surface area contributed by atoms with Gasteiger partial charge in [0, 0.05) is 6.42 Å². The lowest BCUT2D eigenvalue weighted by atomic mass is 10.2. The average molecular weight is 248 g/mol. The number of rotatable bonds is 8. The van der Waals surface area contributed by atoms with Gasteiger partial charge in [-0.15, -0.1) is 0 Å². The highest BCUT2D eigenvalue weighted by Gasteiger charge is 2.01. The van der Waals surface area contributed by atoms with E-state index >= 15 is 0 Å². The number of benzene rings is 1. The lowest BCUT2D eigenvalue weighted by Crippen LogP contribution is -2.11. The average Bonchev–Trinajstić information content (AvgIpc) is 2.41. The summed E-state index contributed by atoms with van der Waals surface area (Å²) >= 11 is 0. The molecule has 1 aromatic carbocycles. The number of ether oxygens (including phenoxy) is 2. The highest BCUT2D eigenvalue weighted by atomic mass is 16.6. The molecule has 0 aliphatic heterocycles. The summed E-state index contributed by atoms with van der Waals surface area (Å²) < 4.78 is 10.5. The van der Waals surface area contributed by atoms with E-state index in [9.17, 15) is 4.79 Å². The fraction of sp³-hybridized carbons (Fsp3) is 0.400. The number of carbonyl (C=O) groups is 1. The third-order valence-electron chi connectivity index (χ3n) is 2.35. The van der Waals surface area contributed by atoms with Crippen LogP contribution < -0.4 is 4.74 Å². The largest absolute Gasteiger partial charge is 0.490 e. The molecule has 0 spiro atoms. The van der Waals surface area contributed by atoms with Crippen LogP contribution in [0.1, 0.15) is 26.2 Å². The van der Waals surface area contributed by atoms with Crippen LogP contribution in [-0.4, -0.2) is 19.2 Å². The Kier molecular flexibility index (Phi) is 7.37. The SMILES string of the molecule is CC=CCCCC(=O)OCCOc1ccccc1. The van der Waals surface area contributed by atoms with Crippen LogP contribution in [0.15, 0.2) is 42.5 Å². The highest BCUT2D eigenvalue weighted by molar-refractivity contribution is 5.69. The van der Waals surface area contributed by atoms with Gasteiger partial charge in [0.1, 0.15) is 19.0 Å². The zero-order chi connectivity index (χ0) is 13.1. The molecule has 3 heteroatoms. The van der Waals surface area contributed by atoms with Crippen LogP contribution in [-0.2, 0) is 9.53 Å². The maximum atomic E-state index is 11.3. The Balaban J connectivity index is 2.02. The second-order valence-corrected chi connectivity index (χ2v) is 3.84. The molecule has 18 heavy (non-hydrogen) atoms. The van der Waals surface area contributed by atoms with Gasteiger partial charge >= 0.3 is 5.97 Å². The molecule has 1 rings (SSSR count). The van der Waals surface area contributed by atoms with Crippen LogP contribution in [0.2, 0.25) is 0 Å². The quantitative estimate of drug-likeness (QED) is 0.402. The van der Waals surface area contributed by atoms with E-state index in [1.54, 1.807) is 0 Å². The van der Waals surface area contributed by atoms with Crippen molar-refractivity contribution in [3.05, 3.63) is 42.5 Å². The van der Waals surface area contributed by atoms with Crippen LogP contribution in [0.3, 0.4) is 0 Å². The molecule has 0 fully saturated rings. The molecule has 3 nitrogen and oxygen atoms in total. The second-order valence-electron chi connectivity index (χ2n) is 3.84. The van der Waals surface area contributed by atoms with Crippen LogP contribution in [0.25, 0.3) is 0 Å². The summed E-state index contributed by atoms with van der Waals surface area (Å²) in [5.41, 5.74) is 0. The van der Waals surface area contributed by atoms with Crippen molar-refractivity contribution in [1.82, 2.24) is 0 Å². The first-order chi connectivity index (χ1) is 8.83. The maximum absolute atomic E-state index is 11.3. The Morgan fingerprint density at radius 2 is 2.00 bits per heavy atom. The Morgan fingerprint density at radius 3 is 2.72 bits per heavy atom. The number of para-hydroxylation sites is 1. The first-order valence-corrected chi connectivity index (χ1v) is 6.27. The smallest absolute Gasteiger partial charge is 0.305 e. The van der Waals surface area contributed by atoms with Gasteiger partial charge in [0.05, 0.1) is 0 Å². The van der Waals surface area contributed by atoms with Crippen LogP contribution in [0, 0.1) is 0 Å². The molecule has 1 aromatic rings. The van der Waals surface area contributed by atoms with Gasteiger partial charge in [0.15, 0.2) is 0 Å². The van der Waals surface area contributed by atoms with Crippen molar-refractivity contribution in [2.24, 2.45) is 0 Å². The Morgan fingerprint density at radius 1 is 1.22 bits per heavy atom. The van der Waals surface area contributed by atoms with Crippen molar-refractivity contribution in [3.8, 4) is 5.75 Å². The molecule has 98 valence electrons. The van der Waals surface area contributed by atoms with Gasteiger partial charge in [-0.1, -0.05) is 30.4 Å². The van der Waals surface area contributed by atoms with Crippen LogP contribution >= 0.6 is 0 Å². The standard InChI is InChI=1S/C15H20O3/c1-2-3-4-8-11-15(16)18-13-12-17-14-9-6-5-7-10-14/h2-3,5-7,9-10H,4,8,11-13H2,1H3. The molecule has 0 N–H and O–H groups in total. The molecule has 0 bridgehead atoms. The summed E-state index contributed by atoms with van der Waals surface area (Å²) in [6.45, 7) is 2.67. The van der Waals surface area contributed by atoms with Gasteiger partial charge in [-0.25, -0.2) is 0 Å². The van der Waals surface area contributed by atoms with Gasteiger partial charge in [-0.3, -0.25) is 4.79 Å². The molecule has 0 aromatic heterocycles. The molecular formula is C15H20O3. The summed E-state index contributed by atoms with van der Waals surface area (Å²) in [5.74, 6) is 0.637. The molecule has 0 saturated heterocycles. The lowest BCUT2D eigenvalue weighted by molar-refractivity contribution is -0.144. The number of hydrogen-bond donors (Lipinski definition) is 0. The number of carbonyl (C=O) groups excluding carboxylic acids is 1. The summed E-state index contributed by atoms with van der Waals surface area (Å²) in [6, 6.07) is 9.49. The first kappa shape index (κ1) is 14.3. The summed E-state index contributed by atoms with van der Waals surface area (Å²) in [7, 11) is 0. The van der Waals surface area contributed by atoms with E-state index in [4.69, 9.17) is 9.47 Å². The highest BCUT2D eigenvalue weighted by Crippen LogP contribution is 2.07. The van der Waals surface area contributed by atoms with Crippen molar-refractivity contribution in [3.63, 3.8) is 0 Å². The van der Waals surface area contributed by atoms with Crippen molar-refractivity contribution >= 4 is 5.97 Å². The van der Waals surface area contributed by atoms with E-state index in [1.165, 1.54) is 0 Å². The molecule has 0 unspecified atom stereocenters. The van der Waals surface area contributed by atoms with E-state index in [0.29, 0.717) is 19.6 Å². The van der Waals surface area contributed by atoms with Gasteiger partial charge in [0.25, 0.3) is 0 Å². The third kappa shape index (κ3) is 6.74. The van der Waals surface area contributed by atoms with Crippen LogP contribution in [0.4, 0.5) is 0 Å². The van der Waals surface area contributed by atoms with Crippen molar-refractivity contribution in [2.45, 2.75) is 26.2 Å². The monoisotopic (exact) mass is 248 g/mol. The number of esters is 1. The second kappa shape index (κ2) is 9.28. The number of allylic oxidation sites excluding steroid dienone is 2. The Bertz CT molecular complexity index is 357. The van der Waals surface area contributed by atoms with Gasteiger partial charge in [0.2, 0.25) is 0 Å². The minimum Gasteiger partial charge on any atom is -0.490 e. The van der Waals surface area contributed by atoms with Crippen molar-refractivity contribution in [1.29, 1.82) is 0 Å². The molecule has 0 heterocycles. The van der Waals surface area contributed by atoms with E-state index in [-0.39, 0.29) is 5.97 Å². The molecule has 0 saturated carbocycles. The van der Waals surface area contributed by atoms with E-state index < -0.39 is 0 Å². The Hall–Kier alpha value is -1.77. The third-order valence-corrected chi connectivity index (χ3v) is 2.35. The van der Waals surface area contributed by atoms with Gasteiger partial charge in [-0.05, 0) is 31.9 Å². The summed E-state index contributed by atoms with van der Waals surface area (Å²) in [5, 5.41) is 0. The number of unbranched alkanes of at least 4 members (excludes halogenated alkanes) is 1. The summed E-state index contributed by atoms with van der Waals surface area (Å²) in [6.07, 6.45) is 6.26. The minimum atomic E-state index is -0.156. The predicted molar refractivity (Wildman–Crippen MR) is 71.6 cm³/mol. The van der Waals surface area contributed by atoms with Crippen molar-refractivity contribution in [2.75, 3.05) is 13.2 Å². The van der Waals surface area contributed by atoms with E-state index in [1.807, 2.05) is 49.4 Å². The Labute approximate surface area is 108 Å². The normalized spacial score (nSPS) is 10.5. The van der Waals surface area contributed by atoms with Gasteiger partial charge in [-0.2, -0.15) is 0 Å². The molecule has 0 radical (unpaired) electrons. The van der Waals surface area contributed by atoms with E-state index in [0.717, 1.165) is 18.6 Å². The molecule has 0 aliphatic rings. The molecule has 0 aliphatic carbocycles.